The van der Waals surface area contributed by atoms with Crippen molar-refractivity contribution < 1.29 is 43.3 Å². The third-order valence-corrected chi connectivity index (χ3v) is 7.26. The Morgan fingerprint density at radius 2 is 1.89 bits per heavy atom. The van der Waals surface area contributed by atoms with Crippen LogP contribution in [0.3, 0.4) is 0 Å². The predicted octanol–water partition coefficient (Wildman–Crippen LogP) is -1.64. The maximum absolute atomic E-state index is 11.7. The van der Waals surface area contributed by atoms with Crippen molar-refractivity contribution in [2.75, 3.05) is 18.2 Å². The van der Waals surface area contributed by atoms with E-state index in [1.54, 1.807) is 0 Å². The van der Waals surface area contributed by atoms with Crippen molar-refractivity contribution in [1.82, 2.24) is 19.5 Å². The number of nitrogen functional groups attached to an aromatic ring is 1. The smallest absolute Gasteiger partial charge is 0.340 e. The van der Waals surface area contributed by atoms with E-state index >= 15 is 0 Å². The first-order valence-electron chi connectivity index (χ1n) is 7.44. The van der Waals surface area contributed by atoms with Gasteiger partial charge in [-0.15, -0.1) is 0 Å². The highest BCUT2D eigenvalue weighted by atomic mass is 31.2. The average Bonchev–Trinajstić information content (AvgIpc) is 3.07. The van der Waals surface area contributed by atoms with Gasteiger partial charge in [-0.25, -0.2) is 15.0 Å². The summed E-state index contributed by atoms with van der Waals surface area (Å²) < 4.78 is 33.9. The van der Waals surface area contributed by atoms with Crippen LogP contribution in [0.4, 0.5) is 5.82 Å². The van der Waals surface area contributed by atoms with Crippen molar-refractivity contribution in [3.05, 3.63) is 12.7 Å². The number of ether oxygens (including phenoxy) is 1. The number of rotatable bonds is 6. The summed E-state index contributed by atoms with van der Waals surface area (Å²) >= 11 is 0. The van der Waals surface area contributed by atoms with E-state index in [2.05, 4.69) is 19.5 Å². The van der Waals surface area contributed by atoms with Crippen molar-refractivity contribution in [3.63, 3.8) is 0 Å². The highest BCUT2D eigenvalue weighted by molar-refractivity contribution is 7.70. The number of aromatic nitrogens is 4. The Balaban J connectivity index is 1.75. The molecule has 1 fully saturated rings. The lowest BCUT2D eigenvalue weighted by atomic mass is 10.1. The van der Waals surface area contributed by atoms with E-state index in [0.29, 0.717) is 0 Å². The number of aliphatic hydroxyl groups excluding tert-OH is 2. The molecule has 0 spiro atoms. The largest absolute Gasteiger partial charge is 0.387 e. The minimum atomic E-state index is -4.79. The van der Waals surface area contributed by atoms with Gasteiger partial charge in [0.05, 0.1) is 12.9 Å². The van der Waals surface area contributed by atoms with Crippen molar-refractivity contribution in [2.24, 2.45) is 0 Å². The van der Waals surface area contributed by atoms with Crippen LogP contribution in [0.1, 0.15) is 6.23 Å². The van der Waals surface area contributed by atoms with E-state index in [9.17, 15) is 24.2 Å². The number of imidazole rings is 1. The van der Waals surface area contributed by atoms with Gasteiger partial charge in [0.2, 0.25) is 0 Å². The number of aliphatic hydroxyl groups is 2. The summed E-state index contributed by atoms with van der Waals surface area (Å²) in [4.78, 5) is 38.8. The highest BCUT2D eigenvalue weighted by Crippen LogP contribution is 2.55. The number of hydrogen-bond acceptors (Lipinski definition) is 10. The summed E-state index contributed by atoms with van der Waals surface area (Å²) in [6.45, 7) is -0.688. The fourth-order valence-electron chi connectivity index (χ4n) is 2.62. The Morgan fingerprint density at radius 1 is 1.19 bits per heavy atom. The summed E-state index contributed by atoms with van der Waals surface area (Å²) in [6, 6.07) is 0. The molecule has 3 heterocycles. The van der Waals surface area contributed by atoms with Gasteiger partial charge >= 0.3 is 15.2 Å². The van der Waals surface area contributed by atoms with Crippen molar-refractivity contribution in [3.8, 4) is 0 Å². The highest BCUT2D eigenvalue weighted by Gasteiger charge is 2.45. The first kappa shape index (κ1) is 20.3. The Bertz CT molecular complexity index is 932. The standard InChI is InChI=1S/C11H17N5O9P2/c12-9-6-10(14-2-13-9)16(3-15-6)11-8(18)7(17)5(25-11)1-24-27(22,23)4-26(19,20)21/h2-3,5,7-8,11,17-18H,1,4H2,(H,22,23)(H2,12,13,14)(H2,19,20,21)/t5-,7+,8-,11-/m0/s1. The van der Waals surface area contributed by atoms with E-state index in [4.69, 9.17) is 20.3 Å². The molecular formula is C11H17N5O9P2. The Kier molecular flexibility index (Phi) is 5.38. The first-order valence-corrected chi connectivity index (χ1v) is 11.0. The number of fused-ring (bicyclic) bond motifs is 1. The fourth-order valence-corrected chi connectivity index (χ4v) is 5.19. The molecule has 0 amide bonds. The SMILES string of the molecule is Nc1ncnc2c1ncn2[C@H]1O[C@@H](COP(=O)(O)CP(=O)(O)O)[C@@H](O)[C@@H]1O. The molecule has 16 heteroatoms. The van der Waals surface area contributed by atoms with Crippen LogP contribution in [-0.2, 0) is 18.4 Å². The minimum absolute atomic E-state index is 0.102. The predicted molar refractivity (Wildman–Crippen MR) is 88.3 cm³/mol. The van der Waals surface area contributed by atoms with Crippen LogP contribution in [-0.4, -0.2) is 75.2 Å². The fraction of sp³-hybridized carbons (Fsp3) is 0.545. The summed E-state index contributed by atoms with van der Waals surface area (Å²) in [5, 5.41) is 20.3. The topological polar surface area (TPSA) is 223 Å². The quantitative estimate of drug-likeness (QED) is 0.286. The molecule has 1 aliphatic rings. The molecule has 150 valence electrons. The molecule has 14 nitrogen and oxygen atoms in total. The second-order valence-corrected chi connectivity index (χ2v) is 9.86. The maximum atomic E-state index is 11.7. The summed E-state index contributed by atoms with van der Waals surface area (Å²) in [5.41, 5.74) is 6.17. The van der Waals surface area contributed by atoms with E-state index in [-0.39, 0.29) is 17.0 Å². The lowest BCUT2D eigenvalue weighted by molar-refractivity contribution is -0.0483. The zero-order valence-corrected chi connectivity index (χ0v) is 15.3. The molecule has 1 aliphatic heterocycles. The third-order valence-electron chi connectivity index (χ3n) is 3.80. The molecule has 1 saturated heterocycles. The molecule has 0 aliphatic carbocycles. The molecule has 5 atom stereocenters. The number of nitrogens with zero attached hydrogens (tertiary/aromatic N) is 4. The van der Waals surface area contributed by atoms with Crippen LogP contribution in [0, 0.1) is 0 Å². The van der Waals surface area contributed by atoms with Gasteiger partial charge in [-0.1, -0.05) is 0 Å². The number of anilines is 1. The first-order chi connectivity index (χ1) is 12.5. The Labute approximate surface area is 151 Å². The van der Waals surface area contributed by atoms with Crippen LogP contribution < -0.4 is 5.73 Å². The van der Waals surface area contributed by atoms with Crippen LogP contribution in [0.15, 0.2) is 12.7 Å². The van der Waals surface area contributed by atoms with Gasteiger partial charge in [0, 0.05) is 0 Å². The van der Waals surface area contributed by atoms with Gasteiger partial charge in [0.15, 0.2) is 23.6 Å². The van der Waals surface area contributed by atoms with Gasteiger partial charge in [-0.3, -0.25) is 13.7 Å². The summed E-state index contributed by atoms with van der Waals surface area (Å²) in [6.07, 6.45) is -2.94. The lowest BCUT2D eigenvalue weighted by Crippen LogP contribution is -2.33. The molecule has 2 aromatic rings. The molecule has 3 rings (SSSR count). The maximum Gasteiger partial charge on any atom is 0.340 e. The van der Waals surface area contributed by atoms with E-state index in [0.717, 1.165) is 0 Å². The Hall–Kier alpha value is -1.47. The van der Waals surface area contributed by atoms with Gasteiger partial charge in [0.1, 0.15) is 30.2 Å². The Morgan fingerprint density at radius 3 is 2.56 bits per heavy atom. The van der Waals surface area contributed by atoms with E-state index in [1.807, 2.05) is 0 Å². The second-order valence-electron chi connectivity index (χ2n) is 5.87. The molecule has 0 radical (unpaired) electrons. The van der Waals surface area contributed by atoms with E-state index in [1.165, 1.54) is 17.2 Å². The van der Waals surface area contributed by atoms with Gasteiger partial charge < -0.3 is 39.9 Å². The second kappa shape index (κ2) is 7.17. The van der Waals surface area contributed by atoms with Crippen molar-refractivity contribution in [1.29, 1.82) is 0 Å². The molecule has 0 saturated carbocycles. The molecule has 27 heavy (non-hydrogen) atoms. The van der Waals surface area contributed by atoms with Gasteiger partial charge in [-0.2, -0.15) is 0 Å². The zero-order chi connectivity index (χ0) is 20.0. The average molecular weight is 425 g/mol. The molecular weight excluding hydrogens is 408 g/mol. The van der Waals surface area contributed by atoms with Gasteiger partial charge in [-0.05, 0) is 0 Å². The van der Waals surface area contributed by atoms with Crippen LogP contribution >= 0.6 is 15.2 Å². The molecule has 0 bridgehead atoms. The number of nitrogens with two attached hydrogens (primary N) is 1. The zero-order valence-electron chi connectivity index (χ0n) is 13.5. The van der Waals surface area contributed by atoms with Crippen molar-refractivity contribution in [2.45, 2.75) is 24.5 Å². The molecule has 7 N–H and O–H groups in total. The van der Waals surface area contributed by atoms with Gasteiger partial charge in [0.25, 0.3) is 0 Å². The van der Waals surface area contributed by atoms with E-state index < -0.39 is 52.2 Å². The van der Waals surface area contributed by atoms with Crippen molar-refractivity contribution >= 4 is 32.2 Å². The molecule has 2 aromatic heterocycles. The minimum Gasteiger partial charge on any atom is -0.387 e. The molecule has 0 aromatic carbocycles. The van der Waals surface area contributed by atoms with Crippen LogP contribution in [0.25, 0.3) is 11.2 Å². The molecule has 1 unspecified atom stereocenters. The summed E-state index contributed by atoms with van der Waals surface area (Å²) in [7, 11) is -9.42. The monoisotopic (exact) mass is 425 g/mol. The lowest BCUT2D eigenvalue weighted by Gasteiger charge is -2.18. The van der Waals surface area contributed by atoms with Crippen LogP contribution in [0.2, 0.25) is 0 Å². The normalized spacial score (nSPS) is 28.5. The summed E-state index contributed by atoms with van der Waals surface area (Å²) in [5.74, 6) is -1.28. The van der Waals surface area contributed by atoms with Crippen LogP contribution in [0.5, 0.6) is 0 Å². The number of hydrogen-bond donors (Lipinski definition) is 6. The third kappa shape index (κ3) is 4.35.